The molecule has 2 aliphatic heterocycles. The molecular formula is C18H26N2O7S3. The predicted octanol–water partition coefficient (Wildman–Crippen LogP) is 0.895. The highest BCUT2D eigenvalue weighted by Gasteiger charge is 2.50. The number of carbonyl (C=O) groups is 1. The molecule has 0 bridgehead atoms. The summed E-state index contributed by atoms with van der Waals surface area (Å²) in [4.78, 5) is 12.5. The first-order valence-corrected chi connectivity index (χ1v) is 14.4. The summed E-state index contributed by atoms with van der Waals surface area (Å²) in [5.41, 5.74) is -0.696. The maximum atomic E-state index is 13.2. The number of carbonyl (C=O) groups excluding carboxylic acids is 1. The third-order valence-corrected chi connectivity index (χ3v) is 11.4. The molecule has 2 aliphatic rings. The monoisotopic (exact) mass is 478 g/mol. The van der Waals surface area contributed by atoms with Crippen LogP contribution in [0.3, 0.4) is 0 Å². The molecule has 168 valence electrons. The molecule has 1 aromatic carbocycles. The van der Waals surface area contributed by atoms with Crippen molar-refractivity contribution in [2.45, 2.75) is 45.1 Å². The molecule has 0 spiro atoms. The Morgan fingerprint density at radius 1 is 1.20 bits per heavy atom. The van der Waals surface area contributed by atoms with E-state index in [1.807, 2.05) is 0 Å². The molecule has 2 heterocycles. The molecule has 1 atom stereocenters. The van der Waals surface area contributed by atoms with Gasteiger partial charge in [0.05, 0.1) is 33.3 Å². The fourth-order valence-electron chi connectivity index (χ4n) is 4.06. The Hall–Kier alpha value is -1.50. The molecule has 0 radical (unpaired) electrons. The number of benzene rings is 1. The van der Waals surface area contributed by atoms with Crippen LogP contribution in [-0.4, -0.2) is 65.3 Å². The number of rotatable bonds is 5. The van der Waals surface area contributed by atoms with E-state index in [2.05, 4.69) is 0 Å². The van der Waals surface area contributed by atoms with E-state index in [1.165, 1.54) is 29.4 Å². The summed E-state index contributed by atoms with van der Waals surface area (Å²) in [6, 6.07) is 3.31. The van der Waals surface area contributed by atoms with E-state index >= 15 is 0 Å². The van der Waals surface area contributed by atoms with Crippen molar-refractivity contribution in [2.75, 3.05) is 28.1 Å². The van der Waals surface area contributed by atoms with Gasteiger partial charge in [-0.15, -0.1) is 0 Å². The third kappa shape index (κ3) is 3.90. The van der Waals surface area contributed by atoms with E-state index in [0.29, 0.717) is 0 Å². The summed E-state index contributed by atoms with van der Waals surface area (Å²) in [6.45, 7) is 6.37. The van der Waals surface area contributed by atoms with Crippen molar-refractivity contribution in [2.24, 2.45) is 5.41 Å². The Kier molecular flexibility index (Phi) is 5.62. The van der Waals surface area contributed by atoms with Gasteiger partial charge in [0.2, 0.25) is 26.0 Å². The van der Waals surface area contributed by atoms with Gasteiger partial charge in [-0.3, -0.25) is 4.79 Å². The molecule has 1 aromatic rings. The van der Waals surface area contributed by atoms with Crippen LogP contribution in [0.4, 0.5) is 5.69 Å². The first kappa shape index (κ1) is 23.2. The Morgan fingerprint density at radius 2 is 1.83 bits per heavy atom. The van der Waals surface area contributed by atoms with Crippen LogP contribution in [0, 0.1) is 12.3 Å². The number of hydrogen-bond donors (Lipinski definition) is 0. The molecule has 2 fully saturated rings. The first-order chi connectivity index (χ1) is 13.6. The van der Waals surface area contributed by atoms with Crippen LogP contribution < -0.4 is 4.31 Å². The topological polar surface area (TPSA) is 126 Å². The zero-order chi connectivity index (χ0) is 22.7. The minimum absolute atomic E-state index is 0.0410. The number of anilines is 1. The molecule has 0 saturated carbocycles. The minimum Gasteiger partial charge on any atom is -0.273 e. The van der Waals surface area contributed by atoms with Gasteiger partial charge in [0.25, 0.3) is 0 Å². The van der Waals surface area contributed by atoms with Crippen molar-refractivity contribution in [3.8, 4) is 0 Å². The highest BCUT2D eigenvalue weighted by Crippen LogP contribution is 2.37. The Morgan fingerprint density at radius 3 is 2.27 bits per heavy atom. The Bertz CT molecular complexity index is 1200. The second kappa shape index (κ2) is 7.28. The molecule has 0 aromatic heterocycles. The van der Waals surface area contributed by atoms with Crippen LogP contribution in [0.5, 0.6) is 0 Å². The van der Waals surface area contributed by atoms with E-state index < -0.39 is 47.2 Å². The van der Waals surface area contributed by atoms with Crippen LogP contribution >= 0.6 is 0 Å². The maximum absolute atomic E-state index is 13.2. The lowest BCUT2D eigenvalue weighted by Gasteiger charge is -2.27. The Labute approximate surface area is 178 Å². The molecule has 2 saturated heterocycles. The predicted molar refractivity (Wildman–Crippen MR) is 113 cm³/mol. The number of nitrogens with zero attached hydrogens (tertiary/aromatic N) is 2. The van der Waals surface area contributed by atoms with Gasteiger partial charge < -0.3 is 0 Å². The number of hydrogen-bond acceptors (Lipinski definition) is 7. The van der Waals surface area contributed by atoms with Crippen molar-refractivity contribution < 1.29 is 30.0 Å². The largest absolute Gasteiger partial charge is 0.273 e. The molecule has 9 nitrogen and oxygen atoms in total. The van der Waals surface area contributed by atoms with Crippen molar-refractivity contribution in [1.29, 1.82) is 0 Å². The van der Waals surface area contributed by atoms with E-state index in [-0.39, 0.29) is 46.4 Å². The van der Waals surface area contributed by atoms with Crippen molar-refractivity contribution >= 4 is 41.5 Å². The maximum Gasteiger partial charge on any atom is 0.247 e. The summed E-state index contributed by atoms with van der Waals surface area (Å²) in [5, 5.41) is 0. The van der Waals surface area contributed by atoms with Crippen LogP contribution in [0.1, 0.15) is 32.8 Å². The van der Waals surface area contributed by atoms with E-state index in [4.69, 9.17) is 0 Å². The van der Waals surface area contributed by atoms with E-state index in [0.717, 1.165) is 4.31 Å². The molecule has 12 heteroatoms. The molecular weight excluding hydrogens is 452 g/mol. The van der Waals surface area contributed by atoms with Gasteiger partial charge in [-0.2, -0.15) is 4.31 Å². The molecule has 0 N–H and O–H groups in total. The van der Waals surface area contributed by atoms with Gasteiger partial charge >= 0.3 is 0 Å². The van der Waals surface area contributed by atoms with Gasteiger partial charge in [0, 0.05) is 12.6 Å². The third-order valence-electron chi connectivity index (χ3n) is 5.49. The smallest absolute Gasteiger partial charge is 0.247 e. The summed E-state index contributed by atoms with van der Waals surface area (Å²) >= 11 is 0. The SMILES string of the molecule is CCN([C@H]1CCS(=O)(=O)C1)S(=O)(=O)c1ccc(N2C(=O)C(C)(C)CS2(=O)=O)cc1C. The lowest BCUT2D eigenvalue weighted by atomic mass is 9.95. The summed E-state index contributed by atoms with van der Waals surface area (Å²) < 4.78 is 77.0. The van der Waals surface area contributed by atoms with Gasteiger partial charge in [0.15, 0.2) is 9.84 Å². The molecule has 3 rings (SSSR count). The van der Waals surface area contributed by atoms with E-state index in [9.17, 15) is 30.0 Å². The zero-order valence-electron chi connectivity index (χ0n) is 17.3. The standard InChI is InChI=1S/C18H26N2O7S3/c1-5-19(15-8-9-28(22,23)11-15)30(26,27)16-7-6-14(10-13(16)2)20-17(21)18(3,4)12-29(20,24)25/h6-7,10,15H,5,8-9,11-12H2,1-4H3/t15-/m0/s1. The number of sulfonamides is 2. The fourth-order valence-corrected chi connectivity index (χ4v) is 9.86. The Balaban J connectivity index is 2.00. The van der Waals surface area contributed by atoms with Crippen LogP contribution in [0.2, 0.25) is 0 Å². The van der Waals surface area contributed by atoms with Gasteiger partial charge in [-0.1, -0.05) is 6.92 Å². The number of amides is 1. The molecule has 1 amide bonds. The average molecular weight is 479 g/mol. The number of sulfone groups is 1. The first-order valence-electron chi connectivity index (χ1n) is 9.53. The second-order valence-electron chi connectivity index (χ2n) is 8.42. The normalized spacial score (nSPS) is 25.2. The van der Waals surface area contributed by atoms with Crippen molar-refractivity contribution in [3.63, 3.8) is 0 Å². The average Bonchev–Trinajstić information content (AvgIpc) is 3.00. The van der Waals surface area contributed by atoms with Crippen molar-refractivity contribution in [1.82, 2.24) is 4.31 Å². The minimum atomic E-state index is -4.00. The summed E-state index contributed by atoms with van der Waals surface area (Å²) in [7, 11) is -11.1. The van der Waals surface area contributed by atoms with Crippen LogP contribution in [0.25, 0.3) is 0 Å². The lowest BCUT2D eigenvalue weighted by Crippen LogP contribution is -2.41. The lowest BCUT2D eigenvalue weighted by molar-refractivity contribution is -0.123. The highest BCUT2D eigenvalue weighted by molar-refractivity contribution is 7.94. The van der Waals surface area contributed by atoms with Gasteiger partial charge in [-0.05, 0) is 51.0 Å². The second-order valence-corrected chi connectivity index (χ2v) is 14.3. The highest BCUT2D eigenvalue weighted by atomic mass is 32.2. The van der Waals surface area contributed by atoms with E-state index in [1.54, 1.807) is 20.8 Å². The summed E-state index contributed by atoms with van der Waals surface area (Å²) in [6.07, 6.45) is 0.238. The molecule has 0 unspecified atom stereocenters. The summed E-state index contributed by atoms with van der Waals surface area (Å²) in [5.74, 6) is -1.15. The van der Waals surface area contributed by atoms with Crippen molar-refractivity contribution in [3.05, 3.63) is 23.8 Å². The quantitative estimate of drug-likeness (QED) is 0.615. The molecule has 30 heavy (non-hydrogen) atoms. The number of aryl methyl sites for hydroxylation is 1. The van der Waals surface area contributed by atoms with Gasteiger partial charge in [-0.25, -0.2) is 29.6 Å². The van der Waals surface area contributed by atoms with Crippen LogP contribution in [0.15, 0.2) is 23.1 Å². The fraction of sp³-hybridized carbons (Fsp3) is 0.611. The van der Waals surface area contributed by atoms with Crippen LogP contribution in [-0.2, 0) is 34.7 Å². The van der Waals surface area contributed by atoms with Gasteiger partial charge in [0.1, 0.15) is 0 Å². The molecule has 0 aliphatic carbocycles. The zero-order valence-corrected chi connectivity index (χ0v) is 19.8.